The highest BCUT2D eigenvalue weighted by Gasteiger charge is 2.22. The number of carbonyl (C=O) groups excluding carboxylic acids is 2. The molecule has 2 aromatic carbocycles. The minimum Gasteiger partial charge on any atom is -0.491 e. The number of amides is 1. The van der Waals surface area contributed by atoms with Crippen LogP contribution in [0.1, 0.15) is 62.4 Å². The van der Waals surface area contributed by atoms with Crippen molar-refractivity contribution in [2.45, 2.75) is 52.9 Å². The van der Waals surface area contributed by atoms with E-state index in [2.05, 4.69) is 35.6 Å². The number of pyridine rings is 1. The van der Waals surface area contributed by atoms with Crippen molar-refractivity contribution in [3.8, 4) is 17.2 Å². The van der Waals surface area contributed by atoms with Gasteiger partial charge in [0.2, 0.25) is 0 Å². The van der Waals surface area contributed by atoms with Crippen molar-refractivity contribution in [3.63, 3.8) is 0 Å². The Morgan fingerprint density at radius 3 is 2.51 bits per heavy atom. The first-order chi connectivity index (χ1) is 20.6. The molecule has 226 valence electrons. The Labute approximate surface area is 257 Å². The summed E-state index contributed by atoms with van der Waals surface area (Å²) in [7, 11) is 0. The molecule has 9 heteroatoms. The second-order valence-corrected chi connectivity index (χ2v) is 12.7. The Hall–Kier alpha value is -3.75. The van der Waals surface area contributed by atoms with Gasteiger partial charge < -0.3 is 15.2 Å². The van der Waals surface area contributed by atoms with Gasteiger partial charge in [0, 0.05) is 53.2 Å². The number of aromatic nitrogens is 1. The zero-order valence-corrected chi connectivity index (χ0v) is 25.9. The summed E-state index contributed by atoms with van der Waals surface area (Å²) in [5.41, 5.74) is 9.37. The van der Waals surface area contributed by atoms with Gasteiger partial charge in [0.15, 0.2) is 0 Å². The van der Waals surface area contributed by atoms with Crippen LogP contribution in [-0.4, -0.2) is 60.1 Å². The van der Waals surface area contributed by atoms with E-state index in [1.807, 2.05) is 12.1 Å². The maximum Gasteiger partial charge on any atom is 0.252 e. The highest BCUT2D eigenvalue weighted by atomic mass is 35.5. The first kappa shape index (κ1) is 30.7. The number of ketones is 1. The molecule has 2 aliphatic heterocycles. The zero-order valence-electron chi connectivity index (χ0n) is 25.1. The lowest BCUT2D eigenvalue weighted by molar-refractivity contribution is -0.117. The Balaban J connectivity index is 1.26. The zero-order chi connectivity index (χ0) is 30.6. The molecule has 8 nitrogen and oxygen atoms in total. The molecule has 3 heterocycles. The van der Waals surface area contributed by atoms with Crippen LogP contribution in [0.2, 0.25) is 5.02 Å². The largest absolute Gasteiger partial charge is 0.491 e. The third kappa shape index (κ3) is 7.80. The third-order valence-electron chi connectivity index (χ3n) is 7.81. The van der Waals surface area contributed by atoms with E-state index < -0.39 is 5.91 Å². The number of ether oxygens (including phenoxy) is 2. The van der Waals surface area contributed by atoms with E-state index in [0.717, 1.165) is 36.5 Å². The fraction of sp³-hybridized carbons (Fsp3) is 0.412. The molecule has 0 bridgehead atoms. The van der Waals surface area contributed by atoms with E-state index in [-0.39, 0.29) is 23.2 Å². The Kier molecular flexibility index (Phi) is 9.47. The van der Waals surface area contributed by atoms with Crippen LogP contribution in [0.25, 0.3) is 10.9 Å². The van der Waals surface area contributed by atoms with Crippen molar-refractivity contribution in [3.05, 3.63) is 70.4 Å². The Bertz CT molecular complexity index is 1590. The molecule has 1 saturated heterocycles. The number of Topliss-reactive ketones (excluding diaryl/α,β-unsaturated/α-hetero) is 1. The average Bonchev–Trinajstić information content (AvgIpc) is 3.44. The number of nitrogens with two attached hydrogens (primary N) is 1. The number of primary amides is 1. The molecule has 3 aromatic rings. The Morgan fingerprint density at radius 1 is 1.02 bits per heavy atom. The number of aliphatic imine (C=N–C) groups is 1. The molecule has 0 aliphatic carbocycles. The molecular weight excluding hydrogens is 564 g/mol. The van der Waals surface area contributed by atoms with Crippen molar-refractivity contribution in [1.29, 1.82) is 0 Å². The first-order valence-electron chi connectivity index (χ1n) is 14.9. The summed E-state index contributed by atoms with van der Waals surface area (Å²) in [6.45, 7) is 10.3. The SMILES string of the molecule is CC(C)(C)C1=NCC(CC(=O)Cc2ccc(Oc3ccnc4cc(OCCN5CCCCC5)c(C(N)=O)cc34)cc2Cl)=C1. The molecule has 1 fully saturated rings. The van der Waals surface area contributed by atoms with E-state index in [4.69, 9.17) is 26.8 Å². The number of hydrogen-bond acceptors (Lipinski definition) is 7. The Morgan fingerprint density at radius 2 is 1.81 bits per heavy atom. The predicted octanol–water partition coefficient (Wildman–Crippen LogP) is 6.57. The highest BCUT2D eigenvalue weighted by Crippen LogP contribution is 2.35. The van der Waals surface area contributed by atoms with Gasteiger partial charge in [-0.25, -0.2) is 0 Å². The van der Waals surface area contributed by atoms with Crippen LogP contribution in [0, 0.1) is 5.41 Å². The summed E-state index contributed by atoms with van der Waals surface area (Å²) in [5, 5.41) is 1.07. The maximum atomic E-state index is 12.8. The van der Waals surface area contributed by atoms with E-state index in [0.29, 0.717) is 52.7 Å². The van der Waals surface area contributed by atoms with E-state index in [9.17, 15) is 9.59 Å². The quantitative estimate of drug-likeness (QED) is 0.266. The van der Waals surface area contributed by atoms with Crippen LogP contribution in [0.3, 0.4) is 0 Å². The number of likely N-dealkylation sites (tertiary alicyclic amines) is 1. The van der Waals surface area contributed by atoms with Crippen LogP contribution >= 0.6 is 11.6 Å². The normalized spacial score (nSPS) is 15.7. The smallest absolute Gasteiger partial charge is 0.252 e. The molecule has 0 saturated carbocycles. The summed E-state index contributed by atoms with van der Waals surface area (Å²) < 4.78 is 12.2. The molecule has 43 heavy (non-hydrogen) atoms. The monoisotopic (exact) mass is 602 g/mol. The number of fused-ring (bicyclic) bond motifs is 1. The van der Waals surface area contributed by atoms with Crippen LogP contribution in [0.15, 0.2) is 59.2 Å². The predicted molar refractivity (Wildman–Crippen MR) is 171 cm³/mol. The molecule has 1 amide bonds. The number of carbonyl (C=O) groups is 2. The molecule has 2 aliphatic rings. The summed E-state index contributed by atoms with van der Waals surface area (Å²) >= 11 is 6.59. The van der Waals surface area contributed by atoms with Gasteiger partial charge in [-0.2, -0.15) is 0 Å². The van der Waals surface area contributed by atoms with Gasteiger partial charge in [0.1, 0.15) is 29.6 Å². The van der Waals surface area contributed by atoms with Crippen molar-refractivity contribution in [2.75, 3.05) is 32.8 Å². The lowest BCUT2D eigenvalue weighted by Crippen LogP contribution is -2.33. The second-order valence-electron chi connectivity index (χ2n) is 12.3. The molecule has 5 rings (SSSR count). The number of nitrogens with zero attached hydrogens (tertiary/aromatic N) is 3. The average molecular weight is 603 g/mol. The molecule has 2 N–H and O–H groups in total. The van der Waals surface area contributed by atoms with E-state index in [1.54, 1.807) is 36.5 Å². The summed E-state index contributed by atoms with van der Waals surface area (Å²) in [4.78, 5) is 36.6. The van der Waals surface area contributed by atoms with E-state index in [1.165, 1.54) is 19.3 Å². The minimum atomic E-state index is -0.587. The number of piperidine rings is 1. The van der Waals surface area contributed by atoms with Crippen LogP contribution < -0.4 is 15.2 Å². The van der Waals surface area contributed by atoms with Crippen molar-refractivity contribution in [1.82, 2.24) is 9.88 Å². The van der Waals surface area contributed by atoms with Crippen LogP contribution in [0.4, 0.5) is 0 Å². The first-order valence-corrected chi connectivity index (χ1v) is 15.2. The van der Waals surface area contributed by atoms with Gasteiger partial charge in [0.25, 0.3) is 5.91 Å². The van der Waals surface area contributed by atoms with Gasteiger partial charge in [-0.3, -0.25) is 24.5 Å². The fourth-order valence-corrected chi connectivity index (χ4v) is 5.68. The number of halogens is 1. The molecule has 0 spiro atoms. The van der Waals surface area contributed by atoms with Gasteiger partial charge in [-0.1, -0.05) is 44.9 Å². The van der Waals surface area contributed by atoms with Crippen molar-refractivity contribution in [2.24, 2.45) is 16.1 Å². The topological polar surface area (TPSA) is 107 Å². The fourth-order valence-electron chi connectivity index (χ4n) is 5.44. The lowest BCUT2D eigenvalue weighted by Gasteiger charge is -2.26. The number of benzene rings is 2. The highest BCUT2D eigenvalue weighted by molar-refractivity contribution is 6.31. The third-order valence-corrected chi connectivity index (χ3v) is 8.16. The molecule has 0 radical (unpaired) electrons. The second kappa shape index (κ2) is 13.3. The number of rotatable bonds is 11. The van der Waals surface area contributed by atoms with Crippen molar-refractivity contribution >= 4 is 39.9 Å². The van der Waals surface area contributed by atoms with Gasteiger partial charge >= 0.3 is 0 Å². The standard InChI is InChI=1S/C34H39ClN4O4/c1-34(2,3)32-16-22(21-38-32)15-24(40)17-23-7-8-25(18-28(23)35)43-30-9-10-37-29-20-31(27(33(36)41)19-26(29)30)42-14-13-39-11-5-4-6-12-39/h7-10,16,18-20H,4-6,11-15,17,21H2,1-3H3,(H2,36,41). The van der Waals surface area contributed by atoms with Gasteiger partial charge in [-0.15, -0.1) is 0 Å². The summed E-state index contributed by atoms with van der Waals surface area (Å²) in [6, 6.07) is 10.4. The maximum absolute atomic E-state index is 12.8. The van der Waals surface area contributed by atoms with Gasteiger partial charge in [0.05, 0.1) is 17.6 Å². The summed E-state index contributed by atoms with van der Waals surface area (Å²) in [5.74, 6) is 0.901. The van der Waals surface area contributed by atoms with Crippen LogP contribution in [-0.2, 0) is 11.2 Å². The molecule has 0 atom stereocenters. The minimum absolute atomic E-state index is 0.0336. The van der Waals surface area contributed by atoms with Gasteiger partial charge in [-0.05, 0) is 67.4 Å². The van der Waals surface area contributed by atoms with Crippen molar-refractivity contribution < 1.29 is 19.1 Å². The van der Waals surface area contributed by atoms with Crippen LogP contribution in [0.5, 0.6) is 17.2 Å². The number of allylic oxidation sites excluding steroid dienone is 1. The molecule has 0 unspecified atom stereocenters. The molecular formula is C34H39ClN4O4. The number of hydrogen-bond donors (Lipinski definition) is 1. The lowest BCUT2D eigenvalue weighted by atomic mass is 9.89. The molecule has 1 aromatic heterocycles. The summed E-state index contributed by atoms with van der Waals surface area (Å²) in [6.07, 6.45) is 7.94. The van der Waals surface area contributed by atoms with E-state index >= 15 is 0 Å².